The van der Waals surface area contributed by atoms with Crippen LogP contribution in [0.5, 0.6) is 0 Å². The lowest BCUT2D eigenvalue weighted by atomic mass is 9.72. The van der Waals surface area contributed by atoms with Crippen LogP contribution in [-0.4, -0.2) is 40.0 Å². The molecule has 0 spiro atoms. The van der Waals surface area contributed by atoms with Gasteiger partial charge in [-0.1, -0.05) is 60.9 Å². The van der Waals surface area contributed by atoms with Crippen LogP contribution in [0.4, 0.5) is 0 Å². The van der Waals surface area contributed by atoms with E-state index in [-0.39, 0.29) is 38.8 Å². The Kier molecular flexibility index (Phi) is 23.4. The molecule has 0 saturated heterocycles. The Bertz CT molecular complexity index is 609. The second-order valence-electron chi connectivity index (χ2n) is 7.29. The minimum atomic E-state index is -0.251. The highest BCUT2D eigenvalue weighted by Gasteiger charge is 2.26. The summed E-state index contributed by atoms with van der Waals surface area (Å²) < 4.78 is 4.89. The van der Waals surface area contributed by atoms with Gasteiger partial charge in [0.1, 0.15) is 6.61 Å². The predicted molar refractivity (Wildman–Crippen MR) is 121 cm³/mol. The first kappa shape index (κ1) is 37.7. The fraction of sp³-hybridized carbons (Fsp3) is 0.500. The summed E-state index contributed by atoms with van der Waals surface area (Å²) in [6.07, 6.45) is 16.3. The van der Waals surface area contributed by atoms with E-state index in [1.165, 1.54) is 42.9 Å². The average Bonchev–Trinajstić information content (AvgIpc) is 2.45. The molecule has 0 saturated carbocycles. The van der Waals surface area contributed by atoms with Gasteiger partial charge in [-0.25, -0.2) is 0 Å². The van der Waals surface area contributed by atoms with Gasteiger partial charge in [0.2, 0.25) is 0 Å². The maximum atomic E-state index is 10.7. The van der Waals surface area contributed by atoms with Gasteiger partial charge in [0.05, 0.1) is 0 Å². The zero-order valence-corrected chi connectivity index (χ0v) is 18.6. The van der Waals surface area contributed by atoms with Crippen LogP contribution in [0.2, 0.25) is 0 Å². The van der Waals surface area contributed by atoms with Crippen LogP contribution < -0.4 is 0 Å². The minimum Gasteiger partial charge on any atom is -0.462 e. The monoisotopic (exact) mass is 418 g/mol. The second kappa shape index (κ2) is 18.0. The molecule has 0 aromatic heterocycles. The van der Waals surface area contributed by atoms with E-state index in [1.54, 1.807) is 0 Å². The molecule has 0 radical (unpaired) electrons. The molecular formula is C22H42O7. The predicted octanol–water partition coefficient (Wildman–Crippen LogP) is 1.96. The molecule has 7 nitrogen and oxygen atoms in total. The van der Waals surface area contributed by atoms with Crippen LogP contribution in [0.15, 0.2) is 58.7 Å². The molecule has 29 heavy (non-hydrogen) atoms. The number of hydrogen-bond donors (Lipinski definition) is 0. The summed E-state index contributed by atoms with van der Waals surface area (Å²) in [6, 6.07) is 0. The highest BCUT2D eigenvalue weighted by atomic mass is 16.5. The van der Waals surface area contributed by atoms with Crippen LogP contribution >= 0.6 is 0 Å². The van der Waals surface area contributed by atoms with Crippen molar-refractivity contribution in [3.8, 4) is 0 Å². The fourth-order valence-electron chi connectivity index (χ4n) is 2.99. The van der Waals surface area contributed by atoms with Crippen molar-refractivity contribution >= 4 is 5.97 Å². The molecule has 0 heterocycles. The Morgan fingerprint density at radius 3 is 2.10 bits per heavy atom. The lowest BCUT2D eigenvalue weighted by Crippen LogP contribution is -2.19. The lowest BCUT2D eigenvalue weighted by molar-refractivity contribution is -0.139. The molecule has 10 N–H and O–H groups in total. The van der Waals surface area contributed by atoms with Gasteiger partial charge in [-0.15, -0.1) is 0 Å². The van der Waals surface area contributed by atoms with Crippen molar-refractivity contribution in [1.29, 1.82) is 0 Å². The zero-order chi connectivity index (χ0) is 18.2. The fourth-order valence-corrected chi connectivity index (χ4v) is 2.99. The van der Waals surface area contributed by atoms with Gasteiger partial charge in [-0.05, 0) is 57.1 Å². The third-order valence-corrected chi connectivity index (χ3v) is 4.47. The molecule has 172 valence electrons. The highest BCUT2D eigenvalue weighted by Crippen LogP contribution is 2.40. The second-order valence-corrected chi connectivity index (χ2v) is 7.29. The van der Waals surface area contributed by atoms with E-state index in [0.29, 0.717) is 6.61 Å². The molecule has 0 aromatic carbocycles. The summed E-state index contributed by atoms with van der Waals surface area (Å²) in [5.41, 5.74) is 5.60. The number of allylic oxidation sites excluding steroid dienone is 9. The molecule has 1 rings (SSSR count). The third kappa shape index (κ3) is 14.6. The van der Waals surface area contributed by atoms with E-state index in [4.69, 9.17) is 4.74 Å². The molecule has 0 atom stereocenters. The first-order chi connectivity index (χ1) is 11.2. The molecule has 7 heteroatoms. The van der Waals surface area contributed by atoms with Crippen molar-refractivity contribution in [3.63, 3.8) is 0 Å². The van der Waals surface area contributed by atoms with Crippen LogP contribution in [0, 0.1) is 5.41 Å². The number of carbonyl (C=O) groups is 1. The van der Waals surface area contributed by atoms with E-state index in [9.17, 15) is 4.79 Å². The van der Waals surface area contributed by atoms with Crippen molar-refractivity contribution in [3.05, 3.63) is 58.7 Å². The summed E-state index contributed by atoms with van der Waals surface area (Å²) in [4.78, 5) is 10.7. The topological polar surface area (TPSA) is 184 Å². The van der Waals surface area contributed by atoms with Crippen molar-refractivity contribution in [2.45, 2.75) is 60.8 Å². The van der Waals surface area contributed by atoms with Crippen molar-refractivity contribution in [2.24, 2.45) is 5.41 Å². The number of hydrogen-bond acceptors (Lipinski definition) is 2. The standard InChI is InChI=1S/C22H32O2.5H2O/c1-17(9-7-10-18(2)14-16-24-20(4)23)12-13-21-19(3)11-8-15-22(21,5)6;;;;;/h7,9-10,12-14H,8,11,15-16H2,1-6H3;5*1H2. The van der Waals surface area contributed by atoms with Gasteiger partial charge in [0.25, 0.3) is 0 Å². The Morgan fingerprint density at radius 1 is 1.00 bits per heavy atom. The van der Waals surface area contributed by atoms with Gasteiger partial charge in [-0.3, -0.25) is 4.79 Å². The summed E-state index contributed by atoms with van der Waals surface area (Å²) in [5, 5.41) is 0. The van der Waals surface area contributed by atoms with Gasteiger partial charge in [-0.2, -0.15) is 0 Å². The summed E-state index contributed by atoms with van der Waals surface area (Å²) in [6.45, 7) is 12.8. The molecule has 0 fully saturated rings. The van der Waals surface area contributed by atoms with E-state index in [0.717, 1.165) is 5.57 Å². The number of rotatable bonds is 6. The summed E-state index contributed by atoms with van der Waals surface area (Å²) >= 11 is 0. The molecule has 0 bridgehead atoms. The van der Waals surface area contributed by atoms with Gasteiger partial charge >= 0.3 is 5.97 Å². The quantitative estimate of drug-likeness (QED) is 0.472. The first-order valence-electron chi connectivity index (χ1n) is 8.76. The molecule has 0 unspecified atom stereocenters. The zero-order valence-electron chi connectivity index (χ0n) is 18.6. The number of ether oxygens (including phenoxy) is 1. The normalized spacial score (nSPS) is 16.1. The van der Waals surface area contributed by atoms with Crippen LogP contribution in [0.1, 0.15) is 60.8 Å². The van der Waals surface area contributed by atoms with Gasteiger partial charge in [0, 0.05) is 6.92 Å². The number of esters is 1. The maximum absolute atomic E-state index is 10.7. The largest absolute Gasteiger partial charge is 0.462 e. The Hall–Kier alpha value is -2.03. The van der Waals surface area contributed by atoms with Crippen molar-refractivity contribution in [2.75, 3.05) is 6.61 Å². The Morgan fingerprint density at radius 2 is 1.59 bits per heavy atom. The Balaban J connectivity index is -0.000000384. The van der Waals surface area contributed by atoms with Crippen molar-refractivity contribution < 1.29 is 36.9 Å². The molecular weight excluding hydrogens is 376 g/mol. The van der Waals surface area contributed by atoms with Gasteiger partial charge < -0.3 is 32.1 Å². The maximum Gasteiger partial charge on any atom is 0.302 e. The van der Waals surface area contributed by atoms with E-state index in [1.807, 2.05) is 25.2 Å². The third-order valence-electron chi connectivity index (χ3n) is 4.47. The van der Waals surface area contributed by atoms with E-state index < -0.39 is 0 Å². The SMILES string of the molecule is CC(=O)OCC=C(C)C=CC=C(C)C=CC1=C(C)CCCC1(C)C.O.O.O.O.O. The summed E-state index contributed by atoms with van der Waals surface area (Å²) in [5.74, 6) is -0.251. The van der Waals surface area contributed by atoms with Gasteiger partial charge in [0.15, 0.2) is 0 Å². The van der Waals surface area contributed by atoms with Crippen LogP contribution in [0.25, 0.3) is 0 Å². The van der Waals surface area contributed by atoms with Crippen LogP contribution in [-0.2, 0) is 9.53 Å². The number of carbonyl (C=O) groups excluding carboxylic acids is 1. The van der Waals surface area contributed by atoms with Crippen LogP contribution in [0.3, 0.4) is 0 Å². The smallest absolute Gasteiger partial charge is 0.302 e. The minimum absolute atomic E-state index is 0. The average molecular weight is 419 g/mol. The molecule has 0 aromatic rings. The first-order valence-corrected chi connectivity index (χ1v) is 8.76. The molecule has 0 amide bonds. The van der Waals surface area contributed by atoms with Crippen molar-refractivity contribution in [1.82, 2.24) is 0 Å². The lowest BCUT2D eigenvalue weighted by Gasteiger charge is -2.32. The van der Waals surface area contributed by atoms with E-state index in [2.05, 4.69) is 45.9 Å². The Labute approximate surface area is 175 Å². The summed E-state index contributed by atoms with van der Waals surface area (Å²) in [7, 11) is 0. The highest BCUT2D eigenvalue weighted by molar-refractivity contribution is 5.66. The molecule has 1 aliphatic rings. The molecule has 1 aliphatic carbocycles. The molecule has 0 aliphatic heterocycles. The van der Waals surface area contributed by atoms with E-state index >= 15 is 0 Å².